The van der Waals surface area contributed by atoms with E-state index < -0.39 is 10.0 Å². The molecule has 3 aromatic rings. The van der Waals surface area contributed by atoms with Gasteiger partial charge in [-0.3, -0.25) is 4.57 Å². The molecule has 0 radical (unpaired) electrons. The Morgan fingerprint density at radius 2 is 1.73 bits per heavy atom. The molecule has 9 heteroatoms. The first-order valence-electron chi connectivity index (χ1n) is 9.28. The van der Waals surface area contributed by atoms with Crippen molar-refractivity contribution in [1.29, 1.82) is 5.26 Å². The van der Waals surface area contributed by atoms with Crippen LogP contribution in [0.3, 0.4) is 0 Å². The number of hydrogen-bond donors (Lipinski definition) is 0. The number of aryl methyl sites for hydroxylation is 2. The molecule has 0 spiro atoms. The molecule has 1 heterocycles. The van der Waals surface area contributed by atoms with Gasteiger partial charge in [0, 0.05) is 19.7 Å². The van der Waals surface area contributed by atoms with Gasteiger partial charge in [0.05, 0.1) is 21.9 Å². The molecule has 0 saturated heterocycles. The van der Waals surface area contributed by atoms with Crippen LogP contribution in [0.4, 0.5) is 0 Å². The van der Waals surface area contributed by atoms with E-state index in [9.17, 15) is 13.7 Å². The first-order chi connectivity index (χ1) is 14.2. The van der Waals surface area contributed by atoms with E-state index in [1.807, 2.05) is 42.7 Å². The highest BCUT2D eigenvalue weighted by molar-refractivity contribution is 8.00. The van der Waals surface area contributed by atoms with E-state index in [2.05, 4.69) is 16.3 Å². The Morgan fingerprint density at radius 3 is 2.33 bits per heavy atom. The number of nitrogens with zero attached hydrogens (tertiary/aromatic N) is 5. The summed E-state index contributed by atoms with van der Waals surface area (Å²) in [4.78, 5) is 0.181. The van der Waals surface area contributed by atoms with Crippen LogP contribution < -0.4 is 0 Å². The molecular weight excluding hydrogens is 418 g/mol. The van der Waals surface area contributed by atoms with Crippen molar-refractivity contribution in [3.05, 3.63) is 53.6 Å². The van der Waals surface area contributed by atoms with Crippen LogP contribution >= 0.6 is 11.8 Å². The lowest BCUT2D eigenvalue weighted by Crippen LogP contribution is -2.22. The van der Waals surface area contributed by atoms with Crippen LogP contribution in [0.15, 0.2) is 52.5 Å². The summed E-state index contributed by atoms with van der Waals surface area (Å²) in [6.45, 7) is 5.81. The third-order valence-electron chi connectivity index (χ3n) is 4.63. The fourth-order valence-corrected chi connectivity index (χ4v) is 4.77. The monoisotopic (exact) mass is 441 g/mol. The first kappa shape index (κ1) is 22.0. The third-order valence-corrected chi connectivity index (χ3v) is 7.38. The van der Waals surface area contributed by atoms with Gasteiger partial charge in [0.25, 0.3) is 0 Å². The van der Waals surface area contributed by atoms with Gasteiger partial charge in [0.2, 0.25) is 10.0 Å². The van der Waals surface area contributed by atoms with Crippen molar-refractivity contribution >= 4 is 21.8 Å². The van der Waals surface area contributed by atoms with E-state index in [4.69, 9.17) is 0 Å². The summed E-state index contributed by atoms with van der Waals surface area (Å²) in [6.07, 6.45) is 0. The highest BCUT2D eigenvalue weighted by Gasteiger charge is 2.23. The van der Waals surface area contributed by atoms with E-state index in [1.54, 1.807) is 25.1 Å². The minimum atomic E-state index is -3.59. The molecule has 0 amide bonds. The highest BCUT2D eigenvalue weighted by atomic mass is 32.2. The summed E-state index contributed by atoms with van der Waals surface area (Å²) in [7, 11) is -0.591. The quantitative estimate of drug-likeness (QED) is 0.540. The standard InChI is InChI=1S/C21H23N5O2S2/c1-14-8-6-9-15(2)19(14)26-20(23-24-21(26)29-16(3)13-22)17-10-7-11-18(12-17)30(27,28)25(4)5/h6-12,16H,1-5H3. The molecule has 30 heavy (non-hydrogen) atoms. The third kappa shape index (κ3) is 4.12. The molecule has 0 N–H and O–H groups in total. The maximum Gasteiger partial charge on any atom is 0.242 e. The Kier molecular flexibility index (Phi) is 6.31. The zero-order chi connectivity index (χ0) is 22.1. The second-order valence-corrected chi connectivity index (χ2v) is 10.5. The fourth-order valence-electron chi connectivity index (χ4n) is 3.08. The molecule has 0 aliphatic heterocycles. The first-order valence-corrected chi connectivity index (χ1v) is 11.6. The molecule has 0 bridgehead atoms. The number of rotatable bonds is 6. The van der Waals surface area contributed by atoms with Gasteiger partial charge >= 0.3 is 0 Å². The van der Waals surface area contributed by atoms with Gasteiger partial charge in [0.15, 0.2) is 11.0 Å². The van der Waals surface area contributed by atoms with Gasteiger partial charge in [-0.1, -0.05) is 42.1 Å². The van der Waals surface area contributed by atoms with Crippen LogP contribution in [0, 0.1) is 25.2 Å². The molecule has 1 atom stereocenters. The van der Waals surface area contributed by atoms with Crippen LogP contribution in [-0.2, 0) is 10.0 Å². The summed E-state index contributed by atoms with van der Waals surface area (Å²) < 4.78 is 28.3. The van der Waals surface area contributed by atoms with Crippen molar-refractivity contribution in [2.24, 2.45) is 0 Å². The molecule has 1 unspecified atom stereocenters. The average molecular weight is 442 g/mol. The molecule has 3 rings (SSSR count). The minimum absolute atomic E-state index is 0.181. The number of para-hydroxylation sites is 1. The molecule has 0 aliphatic rings. The van der Waals surface area contributed by atoms with E-state index in [-0.39, 0.29) is 10.1 Å². The number of benzene rings is 2. The van der Waals surface area contributed by atoms with Crippen LogP contribution in [0.5, 0.6) is 0 Å². The van der Waals surface area contributed by atoms with Crippen LogP contribution in [0.25, 0.3) is 17.1 Å². The van der Waals surface area contributed by atoms with Crippen molar-refractivity contribution in [2.75, 3.05) is 14.1 Å². The Labute approximate surface area is 181 Å². The van der Waals surface area contributed by atoms with Crippen LogP contribution in [-0.4, -0.2) is 46.8 Å². The van der Waals surface area contributed by atoms with Crippen molar-refractivity contribution in [1.82, 2.24) is 19.1 Å². The molecule has 156 valence electrons. The number of nitriles is 1. The predicted molar refractivity (Wildman–Crippen MR) is 118 cm³/mol. The fraction of sp³-hybridized carbons (Fsp3) is 0.286. The Balaban J connectivity index is 2.26. The van der Waals surface area contributed by atoms with Crippen molar-refractivity contribution in [3.63, 3.8) is 0 Å². The molecular formula is C21H23N5O2S2. The predicted octanol–water partition coefficient (Wildman–Crippen LogP) is 3.81. The average Bonchev–Trinajstić information content (AvgIpc) is 3.11. The highest BCUT2D eigenvalue weighted by Crippen LogP contribution is 2.33. The van der Waals surface area contributed by atoms with E-state index in [0.29, 0.717) is 16.5 Å². The summed E-state index contributed by atoms with van der Waals surface area (Å²) in [5.41, 5.74) is 3.61. The Bertz CT molecular complexity index is 1210. The van der Waals surface area contributed by atoms with E-state index in [1.165, 1.54) is 30.2 Å². The Hall–Kier alpha value is -2.67. The van der Waals surface area contributed by atoms with E-state index >= 15 is 0 Å². The van der Waals surface area contributed by atoms with E-state index in [0.717, 1.165) is 16.8 Å². The SMILES string of the molecule is Cc1cccc(C)c1-n1c(SC(C)C#N)nnc1-c1cccc(S(=O)(=O)N(C)C)c1. The summed E-state index contributed by atoms with van der Waals surface area (Å²) in [6, 6.07) is 14.9. The summed E-state index contributed by atoms with van der Waals surface area (Å²) in [5, 5.41) is 18.2. The van der Waals surface area contributed by atoms with Crippen molar-refractivity contribution in [3.8, 4) is 23.1 Å². The van der Waals surface area contributed by atoms with Crippen LogP contribution in [0.1, 0.15) is 18.1 Å². The van der Waals surface area contributed by atoms with Crippen LogP contribution in [0.2, 0.25) is 0 Å². The van der Waals surface area contributed by atoms with Crippen molar-refractivity contribution < 1.29 is 8.42 Å². The maximum absolute atomic E-state index is 12.6. The molecule has 1 aromatic heterocycles. The largest absolute Gasteiger partial charge is 0.269 e. The smallest absolute Gasteiger partial charge is 0.242 e. The Morgan fingerprint density at radius 1 is 1.10 bits per heavy atom. The van der Waals surface area contributed by atoms with Gasteiger partial charge in [-0.25, -0.2) is 12.7 Å². The van der Waals surface area contributed by atoms with Gasteiger partial charge < -0.3 is 0 Å². The number of sulfonamides is 1. The number of aromatic nitrogens is 3. The number of thioether (sulfide) groups is 1. The lowest BCUT2D eigenvalue weighted by atomic mass is 10.1. The lowest BCUT2D eigenvalue weighted by molar-refractivity contribution is 0.521. The lowest BCUT2D eigenvalue weighted by Gasteiger charge is -2.16. The molecule has 0 fully saturated rings. The second-order valence-electron chi connectivity index (χ2n) is 7.09. The normalized spacial score (nSPS) is 12.7. The summed E-state index contributed by atoms with van der Waals surface area (Å²) in [5.74, 6) is 0.524. The summed E-state index contributed by atoms with van der Waals surface area (Å²) >= 11 is 1.31. The number of hydrogen-bond acceptors (Lipinski definition) is 6. The second kappa shape index (κ2) is 8.60. The molecule has 2 aromatic carbocycles. The van der Waals surface area contributed by atoms with Gasteiger partial charge in [-0.15, -0.1) is 10.2 Å². The zero-order valence-corrected chi connectivity index (χ0v) is 19.1. The minimum Gasteiger partial charge on any atom is -0.269 e. The van der Waals surface area contributed by atoms with Crippen molar-refractivity contribution in [2.45, 2.75) is 36.1 Å². The van der Waals surface area contributed by atoms with Gasteiger partial charge in [0.1, 0.15) is 0 Å². The maximum atomic E-state index is 12.6. The molecule has 7 nitrogen and oxygen atoms in total. The van der Waals surface area contributed by atoms with Gasteiger partial charge in [-0.2, -0.15) is 5.26 Å². The zero-order valence-electron chi connectivity index (χ0n) is 17.5. The molecule has 0 aliphatic carbocycles. The molecule has 0 saturated carbocycles. The topological polar surface area (TPSA) is 91.9 Å². The van der Waals surface area contributed by atoms with Gasteiger partial charge in [-0.05, 0) is 44.0 Å².